The molecule has 0 saturated heterocycles. The van der Waals surface area contributed by atoms with Crippen molar-refractivity contribution in [3.8, 4) is 0 Å². The Morgan fingerprint density at radius 1 is 1.50 bits per heavy atom. The minimum Gasteiger partial charge on any atom is -0.396 e. The Balaban J connectivity index is 2.52. The molecule has 0 aliphatic carbocycles. The van der Waals surface area contributed by atoms with Crippen LogP contribution in [0.25, 0.3) is 0 Å². The second-order valence-corrected chi connectivity index (χ2v) is 3.38. The first-order valence-corrected chi connectivity index (χ1v) is 4.56. The summed E-state index contributed by atoms with van der Waals surface area (Å²) in [6.07, 6.45) is 3.54. The van der Waals surface area contributed by atoms with E-state index in [0.29, 0.717) is 18.1 Å². The maximum Gasteiger partial charge on any atom is 0.225 e. The summed E-state index contributed by atoms with van der Waals surface area (Å²) < 4.78 is 0. The van der Waals surface area contributed by atoms with Crippen LogP contribution in [0.15, 0.2) is 12.4 Å². The zero-order valence-corrected chi connectivity index (χ0v) is 8.51. The molecule has 78 valence electrons. The minimum absolute atomic E-state index is 0.300. The van der Waals surface area contributed by atoms with E-state index in [1.807, 2.05) is 11.9 Å². The Kier molecular flexibility index (Phi) is 3.64. The van der Waals surface area contributed by atoms with Crippen molar-refractivity contribution in [2.75, 3.05) is 24.2 Å². The largest absolute Gasteiger partial charge is 0.396 e. The third kappa shape index (κ3) is 3.18. The highest BCUT2D eigenvalue weighted by atomic mass is 16.3. The first kappa shape index (κ1) is 10.7. The van der Waals surface area contributed by atoms with Crippen molar-refractivity contribution in [1.29, 1.82) is 0 Å². The van der Waals surface area contributed by atoms with Gasteiger partial charge in [0.1, 0.15) is 0 Å². The summed E-state index contributed by atoms with van der Waals surface area (Å²) in [6.45, 7) is 2.49. The standard InChI is InChI=1S/C9H16N4O/c1-7(14)3-4-13(2)9-11-5-8(10)6-12-9/h5-7,14H,3-4,10H2,1-2H3. The molecule has 1 atom stereocenters. The summed E-state index contributed by atoms with van der Waals surface area (Å²) in [5.41, 5.74) is 6.02. The number of aliphatic hydroxyl groups is 1. The molecule has 14 heavy (non-hydrogen) atoms. The Bertz CT molecular complexity index is 273. The van der Waals surface area contributed by atoms with Crippen LogP contribution in [0.3, 0.4) is 0 Å². The summed E-state index contributed by atoms with van der Waals surface area (Å²) in [5.74, 6) is 0.625. The van der Waals surface area contributed by atoms with Crippen LogP contribution in [0.1, 0.15) is 13.3 Å². The van der Waals surface area contributed by atoms with Gasteiger partial charge in [-0.05, 0) is 13.3 Å². The number of rotatable bonds is 4. The third-order valence-electron chi connectivity index (χ3n) is 1.88. The number of anilines is 2. The molecule has 0 saturated carbocycles. The maximum absolute atomic E-state index is 9.10. The smallest absolute Gasteiger partial charge is 0.225 e. The van der Waals surface area contributed by atoms with Crippen LogP contribution in [0, 0.1) is 0 Å². The zero-order chi connectivity index (χ0) is 10.6. The van der Waals surface area contributed by atoms with Crippen molar-refractivity contribution in [3.05, 3.63) is 12.4 Å². The monoisotopic (exact) mass is 196 g/mol. The van der Waals surface area contributed by atoms with Gasteiger partial charge in [0.2, 0.25) is 5.95 Å². The van der Waals surface area contributed by atoms with Gasteiger partial charge in [-0.15, -0.1) is 0 Å². The predicted molar refractivity (Wildman–Crippen MR) is 56.0 cm³/mol. The molecule has 1 unspecified atom stereocenters. The van der Waals surface area contributed by atoms with Gasteiger partial charge in [0.15, 0.2) is 0 Å². The Morgan fingerprint density at radius 2 is 2.07 bits per heavy atom. The van der Waals surface area contributed by atoms with Crippen molar-refractivity contribution in [2.45, 2.75) is 19.4 Å². The fourth-order valence-corrected chi connectivity index (χ4v) is 1.01. The summed E-state index contributed by atoms with van der Waals surface area (Å²) in [5, 5.41) is 9.10. The molecule has 0 aliphatic heterocycles. The van der Waals surface area contributed by atoms with Gasteiger partial charge in [0, 0.05) is 13.6 Å². The average molecular weight is 196 g/mol. The van der Waals surface area contributed by atoms with E-state index < -0.39 is 0 Å². The van der Waals surface area contributed by atoms with Gasteiger partial charge in [-0.3, -0.25) is 0 Å². The van der Waals surface area contributed by atoms with Crippen molar-refractivity contribution < 1.29 is 5.11 Å². The van der Waals surface area contributed by atoms with E-state index in [0.717, 1.165) is 6.54 Å². The molecule has 1 aromatic rings. The van der Waals surface area contributed by atoms with Crippen molar-refractivity contribution in [1.82, 2.24) is 9.97 Å². The summed E-state index contributed by atoms with van der Waals surface area (Å²) in [6, 6.07) is 0. The molecule has 5 heteroatoms. The highest BCUT2D eigenvalue weighted by Crippen LogP contribution is 2.06. The Hall–Kier alpha value is -1.36. The maximum atomic E-state index is 9.10. The summed E-state index contributed by atoms with van der Waals surface area (Å²) in [7, 11) is 1.88. The molecule has 1 rings (SSSR count). The lowest BCUT2D eigenvalue weighted by molar-refractivity contribution is 0.186. The quantitative estimate of drug-likeness (QED) is 0.722. The molecule has 5 nitrogen and oxygen atoms in total. The van der Waals surface area contributed by atoms with Crippen molar-refractivity contribution in [3.63, 3.8) is 0 Å². The molecule has 0 aromatic carbocycles. The number of aliphatic hydroxyl groups excluding tert-OH is 1. The number of nitrogen functional groups attached to an aromatic ring is 1. The molecular formula is C9H16N4O. The first-order valence-electron chi connectivity index (χ1n) is 4.56. The lowest BCUT2D eigenvalue weighted by Crippen LogP contribution is -2.23. The lowest BCUT2D eigenvalue weighted by Gasteiger charge is -2.17. The van der Waals surface area contributed by atoms with Gasteiger partial charge >= 0.3 is 0 Å². The molecule has 0 amide bonds. The zero-order valence-electron chi connectivity index (χ0n) is 8.51. The van der Waals surface area contributed by atoms with Crippen molar-refractivity contribution >= 4 is 11.6 Å². The third-order valence-corrected chi connectivity index (χ3v) is 1.88. The first-order chi connectivity index (χ1) is 6.59. The van der Waals surface area contributed by atoms with Crippen LogP contribution in [0.2, 0.25) is 0 Å². The molecule has 0 fully saturated rings. The van der Waals surface area contributed by atoms with E-state index in [9.17, 15) is 0 Å². The van der Waals surface area contributed by atoms with Crippen LogP contribution >= 0.6 is 0 Å². The normalized spacial score (nSPS) is 12.5. The molecule has 0 bridgehead atoms. The van der Waals surface area contributed by atoms with E-state index in [-0.39, 0.29) is 6.10 Å². The molecule has 1 heterocycles. The second-order valence-electron chi connectivity index (χ2n) is 3.38. The van der Waals surface area contributed by atoms with Crippen LogP contribution in [-0.2, 0) is 0 Å². The Morgan fingerprint density at radius 3 is 2.57 bits per heavy atom. The molecule has 0 spiro atoms. The van der Waals surface area contributed by atoms with Gasteiger partial charge in [0.25, 0.3) is 0 Å². The SMILES string of the molecule is CC(O)CCN(C)c1ncc(N)cn1. The molecule has 0 aliphatic rings. The number of aromatic nitrogens is 2. The highest BCUT2D eigenvalue weighted by molar-refractivity contribution is 5.37. The van der Waals surface area contributed by atoms with Gasteiger partial charge in [0.05, 0.1) is 24.2 Å². The number of hydrogen-bond acceptors (Lipinski definition) is 5. The molecule has 3 N–H and O–H groups in total. The molecule has 0 radical (unpaired) electrons. The van der Waals surface area contributed by atoms with Crippen molar-refractivity contribution in [2.24, 2.45) is 0 Å². The van der Waals surface area contributed by atoms with Crippen LogP contribution < -0.4 is 10.6 Å². The van der Waals surface area contributed by atoms with E-state index in [4.69, 9.17) is 10.8 Å². The van der Waals surface area contributed by atoms with E-state index in [1.165, 1.54) is 0 Å². The lowest BCUT2D eigenvalue weighted by atomic mass is 10.3. The number of nitrogens with zero attached hydrogens (tertiary/aromatic N) is 3. The average Bonchev–Trinajstić information content (AvgIpc) is 2.15. The fraction of sp³-hybridized carbons (Fsp3) is 0.556. The van der Waals surface area contributed by atoms with E-state index >= 15 is 0 Å². The number of nitrogens with two attached hydrogens (primary N) is 1. The van der Waals surface area contributed by atoms with E-state index in [1.54, 1.807) is 19.3 Å². The number of hydrogen-bond donors (Lipinski definition) is 2. The van der Waals surface area contributed by atoms with Crippen LogP contribution in [-0.4, -0.2) is 34.8 Å². The summed E-state index contributed by atoms with van der Waals surface area (Å²) in [4.78, 5) is 10.0. The minimum atomic E-state index is -0.300. The molecular weight excluding hydrogens is 180 g/mol. The highest BCUT2D eigenvalue weighted by Gasteiger charge is 2.04. The molecule has 1 aromatic heterocycles. The second kappa shape index (κ2) is 4.76. The van der Waals surface area contributed by atoms with Gasteiger partial charge < -0.3 is 15.7 Å². The van der Waals surface area contributed by atoms with Gasteiger partial charge in [-0.1, -0.05) is 0 Å². The van der Waals surface area contributed by atoms with Crippen LogP contribution in [0.5, 0.6) is 0 Å². The van der Waals surface area contributed by atoms with Gasteiger partial charge in [-0.2, -0.15) is 0 Å². The topological polar surface area (TPSA) is 75.3 Å². The fourth-order valence-electron chi connectivity index (χ4n) is 1.01. The predicted octanol–water partition coefficient (Wildman–Crippen LogP) is 0.266. The van der Waals surface area contributed by atoms with E-state index in [2.05, 4.69) is 9.97 Å². The Labute approximate surface area is 83.6 Å². The van der Waals surface area contributed by atoms with Crippen LogP contribution in [0.4, 0.5) is 11.6 Å². The van der Waals surface area contributed by atoms with Gasteiger partial charge in [-0.25, -0.2) is 9.97 Å². The summed E-state index contributed by atoms with van der Waals surface area (Å²) >= 11 is 0.